The highest BCUT2D eigenvalue weighted by atomic mass is 79.9. The van der Waals surface area contributed by atoms with Gasteiger partial charge in [-0.2, -0.15) is 0 Å². The maximum absolute atomic E-state index is 12.2. The summed E-state index contributed by atoms with van der Waals surface area (Å²) in [4.78, 5) is 25.6. The number of benzene rings is 1. The molecule has 2 amide bonds. The lowest BCUT2D eigenvalue weighted by atomic mass is 10.2. The van der Waals surface area contributed by atoms with Crippen LogP contribution in [0.3, 0.4) is 0 Å². The largest absolute Gasteiger partial charge is 0.493 e. The van der Waals surface area contributed by atoms with E-state index >= 15 is 0 Å². The Morgan fingerprint density at radius 3 is 2.83 bits per heavy atom. The van der Waals surface area contributed by atoms with E-state index < -0.39 is 0 Å². The van der Waals surface area contributed by atoms with Gasteiger partial charge in [-0.15, -0.1) is 13.0 Å². The number of hydrogen-bond donors (Lipinski definition) is 0. The molecule has 1 fully saturated rings. The predicted octanol–water partition coefficient (Wildman–Crippen LogP) is 3.69. The smallest absolute Gasteiger partial charge is 0.293 e. The van der Waals surface area contributed by atoms with E-state index in [0.29, 0.717) is 26.4 Å². The minimum absolute atomic E-state index is 0.106. The van der Waals surface area contributed by atoms with Crippen LogP contribution in [0.4, 0.5) is 4.79 Å². The van der Waals surface area contributed by atoms with E-state index in [0.717, 1.165) is 16.7 Å². The molecule has 1 saturated heterocycles. The van der Waals surface area contributed by atoms with Crippen LogP contribution in [0.2, 0.25) is 0 Å². The van der Waals surface area contributed by atoms with Crippen molar-refractivity contribution < 1.29 is 19.1 Å². The van der Waals surface area contributed by atoms with Crippen LogP contribution in [0.5, 0.6) is 11.5 Å². The van der Waals surface area contributed by atoms with Crippen LogP contribution in [0.1, 0.15) is 5.56 Å². The van der Waals surface area contributed by atoms with Gasteiger partial charge in [0.2, 0.25) is 0 Å². The van der Waals surface area contributed by atoms with E-state index in [4.69, 9.17) is 15.9 Å². The lowest BCUT2D eigenvalue weighted by molar-refractivity contribution is -0.122. The van der Waals surface area contributed by atoms with E-state index in [1.807, 2.05) is 0 Å². The number of rotatable bonds is 6. The molecule has 0 N–H and O–H groups in total. The molecule has 7 heteroatoms. The molecule has 1 aromatic rings. The Hall–Kier alpha value is -2.17. The summed E-state index contributed by atoms with van der Waals surface area (Å²) in [5.41, 5.74) is 0.691. The van der Waals surface area contributed by atoms with Crippen LogP contribution >= 0.6 is 27.7 Å². The zero-order valence-electron chi connectivity index (χ0n) is 12.9. The second-order valence-electron chi connectivity index (χ2n) is 4.61. The minimum Gasteiger partial charge on any atom is -0.493 e. The number of imide groups is 1. The molecular formula is C17H14BrNO4S. The number of hydrogen-bond acceptors (Lipinski definition) is 5. The lowest BCUT2D eigenvalue weighted by Gasteiger charge is -2.12. The molecule has 1 heterocycles. The Bertz CT molecular complexity index is 767. The van der Waals surface area contributed by atoms with Gasteiger partial charge in [-0.1, -0.05) is 12.0 Å². The maximum atomic E-state index is 12.2. The number of terminal acetylenes is 1. The number of methoxy groups -OCH3 is 1. The molecule has 1 aliphatic rings. The van der Waals surface area contributed by atoms with E-state index in [2.05, 4.69) is 28.4 Å². The van der Waals surface area contributed by atoms with Crippen molar-refractivity contribution in [1.29, 1.82) is 0 Å². The van der Waals surface area contributed by atoms with Gasteiger partial charge in [-0.05, 0) is 51.5 Å². The van der Waals surface area contributed by atoms with E-state index in [9.17, 15) is 9.59 Å². The van der Waals surface area contributed by atoms with Gasteiger partial charge in [0.15, 0.2) is 11.5 Å². The Morgan fingerprint density at radius 2 is 2.21 bits per heavy atom. The molecule has 0 bridgehead atoms. The van der Waals surface area contributed by atoms with Gasteiger partial charge in [0.1, 0.15) is 6.61 Å². The first-order valence-corrected chi connectivity index (χ1v) is 8.42. The number of halogens is 1. The van der Waals surface area contributed by atoms with Crippen molar-refractivity contribution in [2.45, 2.75) is 0 Å². The van der Waals surface area contributed by atoms with E-state index in [1.165, 1.54) is 13.2 Å². The summed E-state index contributed by atoms with van der Waals surface area (Å²) in [6.07, 6.45) is 8.34. The first kappa shape index (κ1) is 18.2. The highest BCUT2D eigenvalue weighted by Crippen LogP contribution is 2.39. The zero-order chi connectivity index (χ0) is 17.7. The molecule has 0 radical (unpaired) electrons. The number of carbonyl (C=O) groups excluding carboxylic acids is 2. The lowest BCUT2D eigenvalue weighted by Crippen LogP contribution is -2.27. The van der Waals surface area contributed by atoms with Gasteiger partial charge in [-0.25, -0.2) is 0 Å². The third-order valence-electron chi connectivity index (χ3n) is 3.03. The topological polar surface area (TPSA) is 55.8 Å². The Balaban J connectivity index is 2.35. The van der Waals surface area contributed by atoms with Gasteiger partial charge in [0, 0.05) is 6.54 Å². The van der Waals surface area contributed by atoms with Gasteiger partial charge in [0.05, 0.1) is 16.5 Å². The minimum atomic E-state index is -0.340. The van der Waals surface area contributed by atoms with Crippen molar-refractivity contribution in [3.8, 4) is 23.8 Å². The molecule has 2 rings (SSSR count). The molecule has 0 aromatic heterocycles. The van der Waals surface area contributed by atoms with Gasteiger partial charge < -0.3 is 9.47 Å². The summed E-state index contributed by atoms with van der Waals surface area (Å²) in [6, 6.07) is 3.47. The summed E-state index contributed by atoms with van der Waals surface area (Å²) >= 11 is 4.29. The zero-order valence-corrected chi connectivity index (χ0v) is 15.3. The average Bonchev–Trinajstić information content (AvgIpc) is 2.81. The summed E-state index contributed by atoms with van der Waals surface area (Å²) in [7, 11) is 1.51. The quantitative estimate of drug-likeness (QED) is 0.408. The summed E-state index contributed by atoms with van der Waals surface area (Å²) in [6.45, 7) is 3.84. The van der Waals surface area contributed by atoms with E-state index in [1.54, 1.807) is 18.2 Å². The molecule has 0 saturated carbocycles. The standard InChI is InChI=1S/C17H14BrNO4S/c1-4-6-19-16(20)14(24-17(19)21)10-11-8-12(18)15(23-7-5-2)13(9-11)22-3/h2,4,8-10H,1,6-7H2,3H3/b14-10+. The molecule has 1 aromatic carbocycles. The number of amides is 2. The number of nitrogens with zero attached hydrogens (tertiary/aromatic N) is 1. The van der Waals surface area contributed by atoms with Crippen LogP contribution in [0.15, 0.2) is 34.2 Å². The van der Waals surface area contributed by atoms with Crippen molar-refractivity contribution in [2.24, 2.45) is 0 Å². The average molecular weight is 408 g/mol. The molecule has 24 heavy (non-hydrogen) atoms. The summed E-state index contributed by atoms with van der Waals surface area (Å²) in [5.74, 6) is 2.99. The third kappa shape index (κ3) is 3.83. The summed E-state index contributed by atoms with van der Waals surface area (Å²) in [5, 5.41) is -0.314. The molecular weight excluding hydrogens is 394 g/mol. The second kappa shape index (κ2) is 8.08. The van der Waals surface area contributed by atoms with Crippen LogP contribution in [0, 0.1) is 12.3 Å². The van der Waals surface area contributed by atoms with E-state index in [-0.39, 0.29) is 24.3 Å². The predicted molar refractivity (Wildman–Crippen MR) is 97.9 cm³/mol. The van der Waals surface area contributed by atoms with Crippen LogP contribution < -0.4 is 9.47 Å². The number of ether oxygens (including phenoxy) is 2. The maximum Gasteiger partial charge on any atom is 0.293 e. The van der Waals surface area contributed by atoms with Gasteiger partial charge in [-0.3, -0.25) is 14.5 Å². The van der Waals surface area contributed by atoms with Crippen molar-refractivity contribution in [1.82, 2.24) is 4.90 Å². The Labute approximate surface area is 152 Å². The van der Waals surface area contributed by atoms with Gasteiger partial charge in [0.25, 0.3) is 11.1 Å². The first-order chi connectivity index (χ1) is 11.5. The highest BCUT2D eigenvalue weighted by molar-refractivity contribution is 9.10. The van der Waals surface area contributed by atoms with Crippen molar-refractivity contribution in [3.05, 3.63) is 39.7 Å². The van der Waals surface area contributed by atoms with Crippen molar-refractivity contribution >= 4 is 44.9 Å². The summed E-state index contributed by atoms with van der Waals surface area (Å²) < 4.78 is 11.4. The van der Waals surface area contributed by atoms with Crippen LogP contribution in [-0.4, -0.2) is 36.3 Å². The Morgan fingerprint density at radius 1 is 1.46 bits per heavy atom. The van der Waals surface area contributed by atoms with Crippen molar-refractivity contribution in [3.63, 3.8) is 0 Å². The van der Waals surface area contributed by atoms with Crippen molar-refractivity contribution in [2.75, 3.05) is 20.3 Å². The Kier molecular flexibility index (Phi) is 6.12. The first-order valence-electron chi connectivity index (χ1n) is 6.81. The van der Waals surface area contributed by atoms with Crippen LogP contribution in [0.25, 0.3) is 6.08 Å². The normalized spacial score (nSPS) is 15.5. The van der Waals surface area contributed by atoms with Gasteiger partial charge >= 0.3 is 0 Å². The fourth-order valence-electron chi connectivity index (χ4n) is 2.01. The molecule has 0 atom stereocenters. The molecule has 5 nitrogen and oxygen atoms in total. The molecule has 0 spiro atoms. The SMILES string of the molecule is C#CCOc1c(Br)cc(/C=C2/SC(=O)N(CC=C)C2=O)cc1OC. The number of thioether (sulfide) groups is 1. The fraction of sp³-hybridized carbons (Fsp3) is 0.176. The second-order valence-corrected chi connectivity index (χ2v) is 6.46. The fourth-order valence-corrected chi connectivity index (χ4v) is 3.44. The molecule has 124 valence electrons. The highest BCUT2D eigenvalue weighted by Gasteiger charge is 2.34. The number of carbonyl (C=O) groups is 2. The molecule has 1 aliphatic heterocycles. The molecule has 0 aliphatic carbocycles. The monoisotopic (exact) mass is 407 g/mol. The molecule has 0 unspecified atom stereocenters. The van der Waals surface area contributed by atoms with Crippen LogP contribution in [-0.2, 0) is 4.79 Å². The third-order valence-corrected chi connectivity index (χ3v) is 4.53.